The van der Waals surface area contributed by atoms with Gasteiger partial charge >= 0.3 is 6.09 Å². The van der Waals surface area contributed by atoms with Crippen LogP contribution in [-0.2, 0) is 4.74 Å². The Kier molecular flexibility index (Phi) is 6.32. The van der Waals surface area contributed by atoms with E-state index in [1.807, 2.05) is 0 Å². The van der Waals surface area contributed by atoms with E-state index in [2.05, 4.69) is 27.3 Å². The molecule has 0 fully saturated rings. The second-order valence-electron chi connectivity index (χ2n) is 5.82. The number of allylic oxidation sites excluding steroid dienone is 1. The van der Waals surface area contributed by atoms with Crippen LogP contribution >= 0.6 is 0 Å². The summed E-state index contributed by atoms with van der Waals surface area (Å²) >= 11 is 0. The highest BCUT2D eigenvalue weighted by atomic mass is 16.6. The number of ether oxygens (including phenoxy) is 1. The van der Waals surface area contributed by atoms with Crippen molar-refractivity contribution in [1.29, 1.82) is 0 Å². The Morgan fingerprint density at radius 1 is 1.30 bits per heavy atom. The van der Waals surface area contributed by atoms with Crippen molar-refractivity contribution in [2.45, 2.75) is 33.3 Å². The van der Waals surface area contributed by atoms with Crippen LogP contribution in [0.15, 0.2) is 46.1 Å². The number of carbonyl (C=O) groups is 1. The number of benzene rings is 1. The second-order valence-corrected chi connectivity index (χ2v) is 5.82. The largest absolute Gasteiger partial charge is 0.444 e. The van der Waals surface area contributed by atoms with Gasteiger partial charge in [0.1, 0.15) is 5.60 Å². The summed E-state index contributed by atoms with van der Waals surface area (Å²) in [7, 11) is 0. The summed E-state index contributed by atoms with van der Waals surface area (Å²) < 4.78 is 5.20. The third-order valence-corrected chi connectivity index (χ3v) is 2.30. The maximum atomic E-state index is 11.8. The molecule has 0 unspecified atom stereocenters. The second kappa shape index (κ2) is 7.98. The number of nitrogens with one attached hydrogen (secondary N) is 2. The number of aliphatic imine (C=N–C) groups is 2. The van der Waals surface area contributed by atoms with Gasteiger partial charge in [-0.15, -0.1) is 0 Å². The van der Waals surface area contributed by atoms with Gasteiger partial charge in [0.25, 0.3) is 0 Å². The van der Waals surface area contributed by atoms with E-state index >= 15 is 0 Å². The molecule has 7 nitrogen and oxygen atoms in total. The Morgan fingerprint density at radius 3 is 2.43 bits per heavy atom. The van der Waals surface area contributed by atoms with Gasteiger partial charge < -0.3 is 15.8 Å². The molecule has 1 rings (SSSR count). The Labute approximate surface area is 136 Å². The minimum Gasteiger partial charge on any atom is -0.444 e. The smallest absolute Gasteiger partial charge is 0.412 e. The molecule has 0 spiro atoms. The molecule has 0 saturated heterocycles. The van der Waals surface area contributed by atoms with Crippen LogP contribution in [0.2, 0.25) is 0 Å². The standard InChI is InChI=1S/C16H23N5O2/c1-11(17)10-19-14(18-5)20-12-7-6-8-13(9-12)21-15(22)23-16(2,3)4/h6-10H,5,17H2,1-4H3,(H,19,20)(H,21,22)/b11-10+. The van der Waals surface area contributed by atoms with Crippen molar-refractivity contribution < 1.29 is 9.53 Å². The maximum Gasteiger partial charge on any atom is 0.412 e. The highest BCUT2D eigenvalue weighted by molar-refractivity contribution is 5.97. The van der Waals surface area contributed by atoms with Crippen LogP contribution in [-0.4, -0.2) is 24.4 Å². The highest BCUT2D eigenvalue weighted by Crippen LogP contribution is 2.17. The zero-order valence-corrected chi connectivity index (χ0v) is 13.9. The van der Waals surface area contributed by atoms with Gasteiger partial charge in [-0.2, -0.15) is 0 Å². The predicted octanol–water partition coefficient (Wildman–Crippen LogP) is 3.32. The van der Waals surface area contributed by atoms with Crippen LogP contribution in [0.5, 0.6) is 0 Å². The summed E-state index contributed by atoms with van der Waals surface area (Å²) in [5.74, 6) is 0.296. The Bertz CT molecular complexity index is 626. The van der Waals surface area contributed by atoms with Crippen LogP contribution in [0.25, 0.3) is 0 Å². The fraction of sp³-hybridized carbons (Fsp3) is 0.312. The quantitative estimate of drug-likeness (QED) is 0.588. The highest BCUT2D eigenvalue weighted by Gasteiger charge is 2.16. The molecule has 0 aliphatic heterocycles. The summed E-state index contributed by atoms with van der Waals surface area (Å²) in [4.78, 5) is 19.6. The summed E-state index contributed by atoms with van der Waals surface area (Å²) in [5.41, 5.74) is 6.78. The summed E-state index contributed by atoms with van der Waals surface area (Å²) in [6, 6.07) is 7.06. The first kappa shape index (κ1) is 18.2. The lowest BCUT2D eigenvalue weighted by molar-refractivity contribution is 0.0636. The van der Waals surface area contributed by atoms with Crippen molar-refractivity contribution in [3.63, 3.8) is 0 Å². The third-order valence-electron chi connectivity index (χ3n) is 2.30. The van der Waals surface area contributed by atoms with Gasteiger partial charge in [-0.3, -0.25) is 5.32 Å². The van der Waals surface area contributed by atoms with Crippen LogP contribution in [0.4, 0.5) is 16.2 Å². The van der Waals surface area contributed by atoms with Gasteiger partial charge in [0.2, 0.25) is 5.96 Å². The van der Waals surface area contributed by atoms with Gasteiger partial charge in [0.05, 0.1) is 0 Å². The van der Waals surface area contributed by atoms with Crippen molar-refractivity contribution in [3.8, 4) is 0 Å². The fourth-order valence-electron chi connectivity index (χ4n) is 1.50. The van der Waals surface area contributed by atoms with E-state index in [0.29, 0.717) is 23.0 Å². The van der Waals surface area contributed by atoms with Crippen LogP contribution in [0, 0.1) is 0 Å². The molecule has 0 radical (unpaired) electrons. The average molecular weight is 317 g/mol. The fourth-order valence-corrected chi connectivity index (χ4v) is 1.50. The Morgan fingerprint density at radius 2 is 1.91 bits per heavy atom. The third kappa shape index (κ3) is 7.66. The first-order chi connectivity index (χ1) is 10.7. The number of nitrogens with zero attached hydrogens (tertiary/aromatic N) is 2. The van der Waals surface area contributed by atoms with E-state index in [4.69, 9.17) is 10.5 Å². The SMILES string of the molecule is C=NC(=N/C=C(\C)N)Nc1cccc(NC(=O)OC(C)(C)C)c1. The first-order valence-corrected chi connectivity index (χ1v) is 7.03. The van der Waals surface area contributed by atoms with Crippen LogP contribution < -0.4 is 16.4 Å². The number of rotatable bonds is 3. The first-order valence-electron chi connectivity index (χ1n) is 7.03. The normalized spacial score (nSPS) is 12.5. The van der Waals surface area contributed by atoms with Crippen molar-refractivity contribution in [2.24, 2.45) is 15.7 Å². The number of nitrogens with two attached hydrogens (primary N) is 1. The van der Waals surface area contributed by atoms with E-state index in [9.17, 15) is 4.79 Å². The Hall–Kier alpha value is -2.83. The van der Waals surface area contributed by atoms with Gasteiger partial charge in [0, 0.05) is 23.3 Å². The monoisotopic (exact) mass is 317 g/mol. The van der Waals surface area contributed by atoms with Gasteiger partial charge in [-0.25, -0.2) is 14.8 Å². The summed E-state index contributed by atoms with van der Waals surface area (Å²) in [5, 5.41) is 5.64. The molecule has 0 saturated carbocycles. The molecule has 1 amide bonds. The number of anilines is 2. The molecular formula is C16H23N5O2. The average Bonchev–Trinajstić information content (AvgIpc) is 2.41. The van der Waals surface area contributed by atoms with Crippen LogP contribution in [0.3, 0.4) is 0 Å². The molecule has 1 aromatic rings. The number of amides is 1. The maximum absolute atomic E-state index is 11.8. The topological polar surface area (TPSA) is 101 Å². The molecule has 124 valence electrons. The molecule has 0 aromatic heterocycles. The molecule has 0 aliphatic carbocycles. The predicted molar refractivity (Wildman–Crippen MR) is 94.8 cm³/mol. The molecule has 0 aliphatic rings. The van der Waals surface area contributed by atoms with Gasteiger partial charge in [-0.1, -0.05) is 6.07 Å². The zero-order chi connectivity index (χ0) is 17.5. The number of hydrogen-bond acceptors (Lipinski definition) is 4. The molecule has 4 N–H and O–H groups in total. The van der Waals surface area contributed by atoms with E-state index in [1.165, 1.54) is 6.20 Å². The minimum absolute atomic E-state index is 0.296. The number of guanidine groups is 1. The lowest BCUT2D eigenvalue weighted by Gasteiger charge is -2.19. The Balaban J connectivity index is 2.80. The van der Waals surface area contributed by atoms with Crippen molar-refractivity contribution in [3.05, 3.63) is 36.2 Å². The van der Waals surface area contributed by atoms with Crippen molar-refractivity contribution in [1.82, 2.24) is 0 Å². The van der Waals surface area contributed by atoms with E-state index < -0.39 is 11.7 Å². The van der Waals surface area contributed by atoms with Crippen LogP contribution in [0.1, 0.15) is 27.7 Å². The molecule has 1 aromatic carbocycles. The molecule has 0 atom stereocenters. The minimum atomic E-state index is -0.557. The molecule has 0 bridgehead atoms. The zero-order valence-electron chi connectivity index (χ0n) is 13.9. The van der Waals surface area contributed by atoms with E-state index in [0.717, 1.165) is 0 Å². The summed E-state index contributed by atoms with van der Waals surface area (Å²) in [6.07, 6.45) is 0.951. The van der Waals surface area contributed by atoms with E-state index in [1.54, 1.807) is 52.0 Å². The molecule has 23 heavy (non-hydrogen) atoms. The molecular weight excluding hydrogens is 294 g/mol. The van der Waals surface area contributed by atoms with Gasteiger partial charge in [0.15, 0.2) is 0 Å². The lowest BCUT2D eigenvalue weighted by Crippen LogP contribution is -2.27. The van der Waals surface area contributed by atoms with Crippen molar-refractivity contribution >= 4 is 30.1 Å². The number of carbonyl (C=O) groups excluding carboxylic acids is 1. The molecule has 0 heterocycles. The lowest BCUT2D eigenvalue weighted by atomic mass is 10.2. The number of hydrogen-bond donors (Lipinski definition) is 3. The van der Waals surface area contributed by atoms with Crippen molar-refractivity contribution in [2.75, 3.05) is 10.6 Å². The molecule has 7 heteroatoms. The van der Waals surface area contributed by atoms with E-state index in [-0.39, 0.29) is 0 Å². The summed E-state index contributed by atoms with van der Waals surface area (Å²) in [6.45, 7) is 10.6. The van der Waals surface area contributed by atoms with Gasteiger partial charge in [-0.05, 0) is 52.6 Å².